The molecule has 0 radical (unpaired) electrons. The Labute approximate surface area is 121 Å². The maximum atomic E-state index is 12.0. The number of hydrogen-bond donors (Lipinski definition) is 2. The van der Waals surface area contributed by atoms with Gasteiger partial charge in [-0.3, -0.25) is 4.79 Å². The van der Waals surface area contributed by atoms with Crippen molar-refractivity contribution in [2.75, 3.05) is 29.0 Å². The molecule has 110 valence electrons. The molecule has 3 N–H and O–H groups in total. The van der Waals surface area contributed by atoms with Crippen LogP contribution in [0.3, 0.4) is 0 Å². The van der Waals surface area contributed by atoms with Gasteiger partial charge in [-0.05, 0) is 43.4 Å². The van der Waals surface area contributed by atoms with Crippen molar-refractivity contribution in [1.82, 2.24) is 0 Å². The number of piperidine rings is 1. The Morgan fingerprint density at radius 1 is 1.30 bits per heavy atom. The first kappa shape index (κ1) is 14.7. The summed E-state index contributed by atoms with van der Waals surface area (Å²) in [5.41, 5.74) is 8.49. The van der Waals surface area contributed by atoms with Gasteiger partial charge in [-0.1, -0.05) is 13.8 Å². The van der Waals surface area contributed by atoms with Crippen molar-refractivity contribution < 1.29 is 4.79 Å². The van der Waals surface area contributed by atoms with Crippen LogP contribution in [-0.4, -0.2) is 19.0 Å². The van der Waals surface area contributed by atoms with Crippen LogP contribution in [0, 0.1) is 5.92 Å². The number of nitrogens with one attached hydrogen (secondary N) is 1. The first-order chi connectivity index (χ1) is 9.56. The Bertz CT molecular complexity index is 465. The smallest absolute Gasteiger partial charge is 0.224 e. The second-order valence-electron chi connectivity index (χ2n) is 5.97. The molecule has 0 aromatic heterocycles. The van der Waals surface area contributed by atoms with Crippen LogP contribution in [0.15, 0.2) is 18.2 Å². The molecule has 0 spiro atoms. The van der Waals surface area contributed by atoms with Crippen LogP contribution in [0.4, 0.5) is 17.1 Å². The van der Waals surface area contributed by atoms with Gasteiger partial charge in [0.15, 0.2) is 0 Å². The van der Waals surface area contributed by atoms with Crippen molar-refractivity contribution >= 4 is 23.0 Å². The van der Waals surface area contributed by atoms with Crippen LogP contribution in [0.1, 0.15) is 39.5 Å². The minimum absolute atomic E-state index is 0.0591. The molecule has 1 heterocycles. The van der Waals surface area contributed by atoms with E-state index in [9.17, 15) is 4.79 Å². The Morgan fingerprint density at radius 2 is 2.00 bits per heavy atom. The molecule has 0 bridgehead atoms. The Kier molecular flexibility index (Phi) is 4.88. The fourth-order valence-electron chi connectivity index (χ4n) is 2.64. The van der Waals surface area contributed by atoms with E-state index in [1.807, 2.05) is 32.0 Å². The number of carbonyl (C=O) groups excluding carboxylic acids is 1. The molecule has 1 aromatic rings. The van der Waals surface area contributed by atoms with Gasteiger partial charge < -0.3 is 16.0 Å². The predicted octanol–water partition coefficient (Wildman–Crippen LogP) is 3.24. The Hall–Kier alpha value is -1.71. The van der Waals surface area contributed by atoms with E-state index in [0.29, 0.717) is 18.0 Å². The highest BCUT2D eigenvalue weighted by Gasteiger charge is 2.16. The van der Waals surface area contributed by atoms with Gasteiger partial charge in [0.2, 0.25) is 5.91 Å². The van der Waals surface area contributed by atoms with E-state index in [0.717, 1.165) is 24.5 Å². The molecule has 1 aliphatic rings. The van der Waals surface area contributed by atoms with E-state index < -0.39 is 0 Å². The van der Waals surface area contributed by atoms with E-state index >= 15 is 0 Å². The highest BCUT2D eigenvalue weighted by atomic mass is 16.1. The number of nitrogen functional groups attached to an aromatic ring is 1. The standard InChI is InChI=1S/C16H25N3O/c1-12(2)10-16(20)18-14-11-13(17)6-7-15(14)19-8-4-3-5-9-19/h6-7,11-12H,3-5,8-10,17H2,1-2H3,(H,18,20). The van der Waals surface area contributed by atoms with Crippen molar-refractivity contribution in [3.63, 3.8) is 0 Å². The van der Waals surface area contributed by atoms with Gasteiger partial charge in [-0.25, -0.2) is 0 Å². The van der Waals surface area contributed by atoms with Gasteiger partial charge in [-0.15, -0.1) is 0 Å². The number of carbonyl (C=O) groups is 1. The maximum absolute atomic E-state index is 12.0. The molecule has 4 nitrogen and oxygen atoms in total. The average molecular weight is 275 g/mol. The minimum Gasteiger partial charge on any atom is -0.399 e. The average Bonchev–Trinajstić information content (AvgIpc) is 2.39. The van der Waals surface area contributed by atoms with Crippen LogP contribution < -0.4 is 16.0 Å². The molecule has 1 fully saturated rings. The second kappa shape index (κ2) is 6.64. The predicted molar refractivity (Wildman–Crippen MR) is 85.0 cm³/mol. The molecule has 1 saturated heterocycles. The molecule has 20 heavy (non-hydrogen) atoms. The summed E-state index contributed by atoms with van der Waals surface area (Å²) in [6, 6.07) is 5.79. The largest absolute Gasteiger partial charge is 0.399 e. The fraction of sp³-hybridized carbons (Fsp3) is 0.562. The lowest BCUT2D eigenvalue weighted by molar-refractivity contribution is -0.116. The van der Waals surface area contributed by atoms with Crippen LogP contribution in [0.2, 0.25) is 0 Å². The molecular weight excluding hydrogens is 250 g/mol. The number of nitrogens with two attached hydrogens (primary N) is 1. The molecular formula is C16H25N3O. The van der Waals surface area contributed by atoms with Crippen molar-refractivity contribution in [1.29, 1.82) is 0 Å². The fourth-order valence-corrected chi connectivity index (χ4v) is 2.64. The molecule has 1 aliphatic heterocycles. The zero-order chi connectivity index (χ0) is 14.5. The Morgan fingerprint density at radius 3 is 2.65 bits per heavy atom. The summed E-state index contributed by atoms with van der Waals surface area (Å²) in [4.78, 5) is 14.3. The lowest BCUT2D eigenvalue weighted by Gasteiger charge is -2.30. The summed E-state index contributed by atoms with van der Waals surface area (Å²) < 4.78 is 0. The number of hydrogen-bond acceptors (Lipinski definition) is 3. The van der Waals surface area contributed by atoms with E-state index in [-0.39, 0.29) is 5.91 Å². The molecule has 1 aromatic carbocycles. The zero-order valence-corrected chi connectivity index (χ0v) is 12.5. The topological polar surface area (TPSA) is 58.4 Å². The molecule has 0 saturated carbocycles. The highest BCUT2D eigenvalue weighted by Crippen LogP contribution is 2.30. The monoisotopic (exact) mass is 275 g/mol. The first-order valence-electron chi connectivity index (χ1n) is 7.50. The SMILES string of the molecule is CC(C)CC(=O)Nc1cc(N)ccc1N1CCCCC1. The second-order valence-corrected chi connectivity index (χ2v) is 5.97. The number of nitrogens with zero attached hydrogens (tertiary/aromatic N) is 1. The van der Waals surface area contributed by atoms with Gasteiger partial charge in [0.05, 0.1) is 11.4 Å². The third-order valence-corrected chi connectivity index (χ3v) is 3.59. The zero-order valence-electron chi connectivity index (χ0n) is 12.5. The molecule has 4 heteroatoms. The van der Waals surface area contributed by atoms with Crippen molar-refractivity contribution in [2.45, 2.75) is 39.5 Å². The van der Waals surface area contributed by atoms with Crippen molar-refractivity contribution in [3.8, 4) is 0 Å². The molecule has 0 aliphatic carbocycles. The molecule has 0 atom stereocenters. The summed E-state index contributed by atoms with van der Waals surface area (Å²) >= 11 is 0. The summed E-state index contributed by atoms with van der Waals surface area (Å²) in [5.74, 6) is 0.415. The third-order valence-electron chi connectivity index (χ3n) is 3.59. The van der Waals surface area contributed by atoms with E-state index in [2.05, 4.69) is 10.2 Å². The van der Waals surface area contributed by atoms with Gasteiger partial charge >= 0.3 is 0 Å². The van der Waals surface area contributed by atoms with E-state index in [1.54, 1.807) is 0 Å². The molecule has 1 amide bonds. The van der Waals surface area contributed by atoms with E-state index in [4.69, 9.17) is 5.73 Å². The number of amides is 1. The molecule has 0 unspecified atom stereocenters. The van der Waals surface area contributed by atoms with Crippen LogP contribution >= 0.6 is 0 Å². The number of anilines is 3. The lowest BCUT2D eigenvalue weighted by Crippen LogP contribution is -2.30. The third kappa shape index (κ3) is 3.89. The summed E-state index contributed by atoms with van der Waals surface area (Å²) in [7, 11) is 0. The van der Waals surface area contributed by atoms with Crippen LogP contribution in [0.5, 0.6) is 0 Å². The van der Waals surface area contributed by atoms with Crippen LogP contribution in [0.25, 0.3) is 0 Å². The van der Waals surface area contributed by atoms with Gasteiger partial charge in [0.25, 0.3) is 0 Å². The highest BCUT2D eigenvalue weighted by molar-refractivity contribution is 5.95. The number of rotatable bonds is 4. The van der Waals surface area contributed by atoms with Crippen LogP contribution in [-0.2, 0) is 4.79 Å². The summed E-state index contributed by atoms with van der Waals surface area (Å²) in [5, 5.41) is 3.02. The van der Waals surface area contributed by atoms with Crippen molar-refractivity contribution in [3.05, 3.63) is 18.2 Å². The van der Waals surface area contributed by atoms with Gasteiger partial charge in [0, 0.05) is 25.2 Å². The lowest BCUT2D eigenvalue weighted by atomic mass is 10.1. The van der Waals surface area contributed by atoms with Gasteiger partial charge in [0.1, 0.15) is 0 Å². The normalized spacial score (nSPS) is 15.4. The van der Waals surface area contributed by atoms with Gasteiger partial charge in [-0.2, -0.15) is 0 Å². The van der Waals surface area contributed by atoms with Crippen molar-refractivity contribution in [2.24, 2.45) is 5.92 Å². The number of benzene rings is 1. The summed E-state index contributed by atoms with van der Waals surface area (Å²) in [6.45, 7) is 6.20. The minimum atomic E-state index is 0.0591. The first-order valence-corrected chi connectivity index (χ1v) is 7.50. The molecule has 2 rings (SSSR count). The maximum Gasteiger partial charge on any atom is 0.224 e. The van der Waals surface area contributed by atoms with E-state index in [1.165, 1.54) is 19.3 Å². The quantitative estimate of drug-likeness (QED) is 0.829. The summed E-state index contributed by atoms with van der Waals surface area (Å²) in [6.07, 6.45) is 4.25. The Balaban J connectivity index is 2.16.